The summed E-state index contributed by atoms with van der Waals surface area (Å²) in [5.41, 5.74) is 18.5. The van der Waals surface area contributed by atoms with Gasteiger partial charge in [0.25, 0.3) is 0 Å². The molecule has 0 spiro atoms. The zero-order chi connectivity index (χ0) is 13.1. The lowest BCUT2D eigenvalue weighted by atomic mass is 9.85. The van der Waals surface area contributed by atoms with Crippen molar-refractivity contribution in [2.75, 3.05) is 19.6 Å². The van der Waals surface area contributed by atoms with Gasteiger partial charge in [0.1, 0.15) is 0 Å². The quantitative estimate of drug-likeness (QED) is 0.408. The van der Waals surface area contributed by atoms with Crippen molar-refractivity contribution in [3.63, 3.8) is 0 Å². The van der Waals surface area contributed by atoms with E-state index in [-0.39, 0.29) is 5.54 Å². The summed E-state index contributed by atoms with van der Waals surface area (Å²) in [5, 5.41) is 3.23. The summed E-state index contributed by atoms with van der Waals surface area (Å²) in [4.78, 5) is 0. The number of hydrogen-bond donors (Lipinski definition) is 4. The molecule has 17 heavy (non-hydrogen) atoms. The topological polar surface area (TPSA) is 90.1 Å². The molecule has 0 aromatic carbocycles. The highest BCUT2D eigenvalue weighted by Gasteiger charge is 2.22. The highest BCUT2D eigenvalue weighted by Crippen LogP contribution is 2.21. The van der Waals surface area contributed by atoms with E-state index in [2.05, 4.69) is 11.9 Å². The third-order valence-electron chi connectivity index (χ3n) is 3.04. The van der Waals surface area contributed by atoms with E-state index in [0.717, 1.165) is 50.8 Å². The molecule has 0 aliphatic heterocycles. The lowest BCUT2D eigenvalue weighted by Gasteiger charge is -2.29. The van der Waals surface area contributed by atoms with Crippen LogP contribution in [0.5, 0.6) is 0 Å². The van der Waals surface area contributed by atoms with E-state index in [1.165, 1.54) is 0 Å². The predicted molar refractivity (Wildman–Crippen MR) is 75.5 cm³/mol. The summed E-state index contributed by atoms with van der Waals surface area (Å²) in [6.45, 7) is 8.16. The van der Waals surface area contributed by atoms with Crippen LogP contribution in [0.1, 0.15) is 45.4 Å². The Morgan fingerprint density at radius 2 is 1.53 bits per heavy atom. The fourth-order valence-corrected chi connectivity index (χ4v) is 2.03. The van der Waals surface area contributed by atoms with Crippen LogP contribution in [0, 0.1) is 0 Å². The second-order valence-corrected chi connectivity index (χ2v) is 4.96. The first-order valence-electron chi connectivity index (χ1n) is 6.62. The standard InChI is InChI=1S/C13H30N4/c1-12(2)17-11-5-8-13(16,6-3-9-14)7-4-10-15/h17H,1,3-11,14-16H2,2H3. The minimum absolute atomic E-state index is 0.0878. The van der Waals surface area contributed by atoms with Crippen molar-refractivity contribution in [3.8, 4) is 0 Å². The minimum atomic E-state index is -0.0878. The van der Waals surface area contributed by atoms with Gasteiger partial charge in [-0.2, -0.15) is 0 Å². The normalized spacial score (nSPS) is 11.5. The molecule has 4 heteroatoms. The Morgan fingerprint density at radius 1 is 1.06 bits per heavy atom. The van der Waals surface area contributed by atoms with Crippen LogP contribution in [0.25, 0.3) is 0 Å². The molecule has 0 heterocycles. The van der Waals surface area contributed by atoms with Gasteiger partial charge in [0.15, 0.2) is 0 Å². The smallest absolute Gasteiger partial charge is 0.0156 e. The molecule has 0 unspecified atom stereocenters. The molecule has 0 aromatic rings. The molecule has 7 N–H and O–H groups in total. The molecule has 0 atom stereocenters. The van der Waals surface area contributed by atoms with Gasteiger partial charge in [-0.05, 0) is 58.5 Å². The minimum Gasteiger partial charge on any atom is -0.389 e. The van der Waals surface area contributed by atoms with E-state index in [9.17, 15) is 0 Å². The maximum Gasteiger partial charge on any atom is 0.0156 e. The summed E-state index contributed by atoms with van der Waals surface area (Å²) < 4.78 is 0. The molecule has 102 valence electrons. The van der Waals surface area contributed by atoms with Gasteiger partial charge in [0.05, 0.1) is 0 Å². The van der Waals surface area contributed by atoms with E-state index in [1.807, 2.05) is 6.92 Å². The van der Waals surface area contributed by atoms with E-state index in [4.69, 9.17) is 17.2 Å². The van der Waals surface area contributed by atoms with Crippen LogP contribution in [0.15, 0.2) is 12.3 Å². The Morgan fingerprint density at radius 3 is 1.94 bits per heavy atom. The van der Waals surface area contributed by atoms with Crippen molar-refractivity contribution in [2.45, 2.75) is 51.0 Å². The molecule has 0 aliphatic carbocycles. The van der Waals surface area contributed by atoms with Crippen molar-refractivity contribution >= 4 is 0 Å². The van der Waals surface area contributed by atoms with Crippen LogP contribution in [0.2, 0.25) is 0 Å². The monoisotopic (exact) mass is 242 g/mol. The number of allylic oxidation sites excluding steroid dienone is 1. The van der Waals surface area contributed by atoms with Crippen molar-refractivity contribution < 1.29 is 0 Å². The van der Waals surface area contributed by atoms with Gasteiger partial charge in [-0.15, -0.1) is 0 Å². The lowest BCUT2D eigenvalue weighted by Crippen LogP contribution is -2.41. The Hall–Kier alpha value is -0.580. The van der Waals surface area contributed by atoms with E-state index >= 15 is 0 Å². The van der Waals surface area contributed by atoms with Gasteiger partial charge >= 0.3 is 0 Å². The number of hydrogen-bond acceptors (Lipinski definition) is 4. The Balaban J connectivity index is 3.94. The molecule has 0 aliphatic rings. The Labute approximate surface area is 106 Å². The molecule has 0 aromatic heterocycles. The highest BCUT2D eigenvalue weighted by atomic mass is 14.9. The average Bonchev–Trinajstić information content (AvgIpc) is 2.30. The molecule has 0 radical (unpaired) electrons. The SMILES string of the molecule is C=C(C)NCCCC(N)(CCCN)CCCN. The first-order valence-corrected chi connectivity index (χ1v) is 6.62. The summed E-state index contributed by atoms with van der Waals surface area (Å²) in [7, 11) is 0. The van der Waals surface area contributed by atoms with E-state index in [1.54, 1.807) is 0 Å². The van der Waals surface area contributed by atoms with Crippen LogP contribution in [-0.2, 0) is 0 Å². The number of nitrogens with one attached hydrogen (secondary N) is 1. The van der Waals surface area contributed by atoms with Gasteiger partial charge in [0, 0.05) is 17.8 Å². The molecule has 0 amide bonds. The summed E-state index contributed by atoms with van der Waals surface area (Å²) in [5.74, 6) is 0. The fourth-order valence-electron chi connectivity index (χ4n) is 2.03. The van der Waals surface area contributed by atoms with Gasteiger partial charge in [-0.25, -0.2) is 0 Å². The van der Waals surface area contributed by atoms with Gasteiger partial charge in [0.2, 0.25) is 0 Å². The Kier molecular flexibility index (Phi) is 9.13. The average molecular weight is 242 g/mol. The third-order valence-corrected chi connectivity index (χ3v) is 3.04. The fraction of sp³-hybridized carbons (Fsp3) is 0.846. The molecular formula is C13H30N4. The van der Waals surface area contributed by atoms with E-state index < -0.39 is 0 Å². The first-order chi connectivity index (χ1) is 8.04. The molecule has 0 fully saturated rings. The second-order valence-electron chi connectivity index (χ2n) is 4.96. The maximum absolute atomic E-state index is 6.43. The zero-order valence-corrected chi connectivity index (χ0v) is 11.3. The van der Waals surface area contributed by atoms with Crippen LogP contribution in [0.4, 0.5) is 0 Å². The van der Waals surface area contributed by atoms with Crippen LogP contribution in [0.3, 0.4) is 0 Å². The van der Waals surface area contributed by atoms with Crippen molar-refractivity contribution in [3.05, 3.63) is 12.3 Å². The maximum atomic E-state index is 6.43. The van der Waals surface area contributed by atoms with Crippen molar-refractivity contribution in [1.82, 2.24) is 5.32 Å². The van der Waals surface area contributed by atoms with Crippen LogP contribution in [-0.4, -0.2) is 25.2 Å². The van der Waals surface area contributed by atoms with Crippen LogP contribution >= 0.6 is 0 Å². The summed E-state index contributed by atoms with van der Waals surface area (Å²) in [6, 6.07) is 0. The highest BCUT2D eigenvalue weighted by molar-refractivity contribution is 4.87. The molecule has 0 bridgehead atoms. The molecule has 0 rings (SSSR count). The molecular weight excluding hydrogens is 212 g/mol. The first kappa shape index (κ1) is 16.4. The predicted octanol–water partition coefficient (Wildman–Crippen LogP) is 1.07. The number of rotatable bonds is 11. The zero-order valence-electron chi connectivity index (χ0n) is 11.3. The molecule has 0 saturated carbocycles. The summed E-state index contributed by atoms with van der Waals surface area (Å²) >= 11 is 0. The number of nitrogens with two attached hydrogens (primary N) is 3. The van der Waals surface area contributed by atoms with E-state index in [0.29, 0.717) is 13.1 Å². The van der Waals surface area contributed by atoms with Gasteiger partial charge in [-0.3, -0.25) is 0 Å². The van der Waals surface area contributed by atoms with Crippen molar-refractivity contribution in [1.29, 1.82) is 0 Å². The van der Waals surface area contributed by atoms with Crippen molar-refractivity contribution in [2.24, 2.45) is 17.2 Å². The Bertz CT molecular complexity index is 196. The largest absolute Gasteiger partial charge is 0.389 e. The van der Waals surface area contributed by atoms with Gasteiger partial charge < -0.3 is 22.5 Å². The van der Waals surface area contributed by atoms with Crippen LogP contribution < -0.4 is 22.5 Å². The van der Waals surface area contributed by atoms with Gasteiger partial charge in [-0.1, -0.05) is 6.58 Å². The summed E-state index contributed by atoms with van der Waals surface area (Å²) in [6.07, 6.45) is 6.07. The molecule has 0 saturated heterocycles. The lowest BCUT2D eigenvalue weighted by molar-refractivity contribution is 0.319. The molecule has 4 nitrogen and oxygen atoms in total. The second kappa shape index (κ2) is 9.45. The third kappa shape index (κ3) is 9.15.